The highest BCUT2D eigenvalue weighted by Crippen LogP contribution is 2.40. The van der Waals surface area contributed by atoms with Crippen LogP contribution < -0.4 is 22.1 Å². The number of aromatic nitrogens is 2. The van der Waals surface area contributed by atoms with Gasteiger partial charge in [-0.15, -0.1) is 11.8 Å². The lowest BCUT2D eigenvalue weighted by atomic mass is 9.92. The molecule has 2 fully saturated rings. The van der Waals surface area contributed by atoms with Gasteiger partial charge in [-0.25, -0.2) is 14.2 Å². The van der Waals surface area contributed by atoms with Crippen LogP contribution in [-0.2, 0) is 19.2 Å². The molecule has 8 N–H and O–H groups in total. The minimum atomic E-state index is -1.35. The number of aliphatic carboxylic acids is 1. The van der Waals surface area contributed by atoms with Crippen molar-refractivity contribution >= 4 is 64.1 Å². The third kappa shape index (κ3) is 6.31. The van der Waals surface area contributed by atoms with Gasteiger partial charge in [-0.05, 0) is 25.7 Å². The quantitative estimate of drug-likeness (QED) is 0.0889. The number of guanidine groups is 1. The SMILES string of the molecule is CN(/N=C/C1=C(C(=O)O)N2C(=O)[C@@H](NC(=O)/C(=N\OCF)c3nsc(N)n3)C2SC1)C(=N)N[C@H]1CC[C@H](N)CC1. The van der Waals surface area contributed by atoms with Crippen LogP contribution in [0.1, 0.15) is 31.5 Å². The standard InChI is InChI=1S/C21H28FN11O5S2/c1-32(20(24)27-11-4-2-10(23)3-5-11)26-6-9-7-39-18-13(17(35)33(18)14(9)19(36)37)28-16(34)12(30-38-8-22)15-29-21(25)40-31-15/h6,10-11,13,18H,2-5,7-8,23H2,1H3,(H2,24,27)(H,28,34)(H,36,37)(H2,25,29,31)/b26-6+,30-12-/t10-,11-,13-,18?/m1/s1. The maximum absolute atomic E-state index is 13.0. The molecule has 1 unspecified atom stereocenters. The second-order valence-electron chi connectivity index (χ2n) is 9.05. The van der Waals surface area contributed by atoms with Crippen LogP contribution in [0.15, 0.2) is 21.5 Å². The van der Waals surface area contributed by atoms with Gasteiger partial charge in [0.25, 0.3) is 18.7 Å². The number of anilines is 1. The van der Waals surface area contributed by atoms with E-state index in [9.17, 15) is 23.9 Å². The van der Waals surface area contributed by atoms with Crippen molar-refractivity contribution in [3.8, 4) is 0 Å². The Morgan fingerprint density at radius 1 is 1.35 bits per heavy atom. The van der Waals surface area contributed by atoms with Gasteiger partial charge in [0.2, 0.25) is 17.5 Å². The van der Waals surface area contributed by atoms with Gasteiger partial charge in [0, 0.05) is 42.0 Å². The largest absolute Gasteiger partial charge is 0.477 e. The number of hydrogen-bond acceptors (Lipinski definition) is 13. The lowest BCUT2D eigenvalue weighted by Crippen LogP contribution is -2.71. The molecular weight excluding hydrogens is 569 g/mol. The van der Waals surface area contributed by atoms with E-state index in [1.165, 1.54) is 23.0 Å². The first-order chi connectivity index (χ1) is 19.1. The van der Waals surface area contributed by atoms with E-state index in [1.807, 2.05) is 0 Å². The van der Waals surface area contributed by atoms with Crippen molar-refractivity contribution in [1.29, 1.82) is 5.41 Å². The van der Waals surface area contributed by atoms with E-state index in [0.29, 0.717) is 0 Å². The van der Waals surface area contributed by atoms with Crippen LogP contribution in [0.25, 0.3) is 0 Å². The summed E-state index contributed by atoms with van der Waals surface area (Å²) in [6, 6.07) is -0.817. The number of β-lactam (4-membered cyclic amide) rings is 1. The van der Waals surface area contributed by atoms with Crippen molar-refractivity contribution < 1.29 is 28.7 Å². The first kappa shape index (κ1) is 29.2. The summed E-state index contributed by atoms with van der Waals surface area (Å²) < 4.78 is 16.4. The van der Waals surface area contributed by atoms with Crippen molar-refractivity contribution in [3.63, 3.8) is 0 Å². The normalized spacial score (nSPS) is 24.8. The summed E-state index contributed by atoms with van der Waals surface area (Å²) in [5.41, 5.74) is 11.0. The molecule has 2 atom stereocenters. The number of oxime groups is 1. The Bertz CT molecular complexity index is 1260. The average Bonchev–Trinajstić information content (AvgIpc) is 3.36. The Morgan fingerprint density at radius 3 is 2.70 bits per heavy atom. The van der Waals surface area contributed by atoms with Crippen molar-refractivity contribution in [2.75, 3.05) is 25.4 Å². The van der Waals surface area contributed by atoms with Gasteiger partial charge >= 0.3 is 5.97 Å². The Balaban J connectivity index is 1.43. The minimum absolute atomic E-state index is 0.0326. The number of alkyl halides is 1. The fourth-order valence-electron chi connectivity index (χ4n) is 4.32. The molecule has 16 nitrogen and oxygen atoms in total. The molecule has 1 aromatic heterocycles. The number of thioether (sulfide) groups is 1. The van der Waals surface area contributed by atoms with Gasteiger partial charge < -0.3 is 32.0 Å². The molecule has 19 heteroatoms. The molecule has 0 radical (unpaired) electrons. The summed E-state index contributed by atoms with van der Waals surface area (Å²) in [5.74, 6) is -2.95. The van der Waals surface area contributed by atoms with Crippen molar-refractivity contribution in [3.05, 3.63) is 17.1 Å². The summed E-state index contributed by atoms with van der Waals surface area (Å²) in [5, 5.41) is 31.9. The molecular formula is C21H28FN11O5S2. The number of carboxylic acids is 1. The molecule has 0 aromatic carbocycles. The number of nitrogens with zero attached hydrogens (tertiary/aromatic N) is 6. The smallest absolute Gasteiger partial charge is 0.353 e. The molecule has 2 amide bonds. The maximum Gasteiger partial charge on any atom is 0.353 e. The molecule has 3 heterocycles. The van der Waals surface area contributed by atoms with Crippen molar-refractivity contribution in [2.24, 2.45) is 16.0 Å². The summed E-state index contributed by atoms with van der Waals surface area (Å²) in [4.78, 5) is 47.2. The van der Waals surface area contributed by atoms with Crippen LogP contribution in [0, 0.1) is 5.41 Å². The van der Waals surface area contributed by atoms with Crippen LogP contribution >= 0.6 is 23.3 Å². The minimum Gasteiger partial charge on any atom is -0.477 e. The molecule has 2 aliphatic heterocycles. The molecule has 1 aliphatic carbocycles. The third-order valence-corrected chi connectivity index (χ3v) is 8.23. The lowest BCUT2D eigenvalue weighted by Gasteiger charge is -2.49. The molecule has 1 saturated carbocycles. The van der Waals surface area contributed by atoms with Crippen LogP contribution in [0.4, 0.5) is 9.52 Å². The number of nitrogens with one attached hydrogen (secondary N) is 3. The van der Waals surface area contributed by atoms with Gasteiger partial charge in [0.15, 0.2) is 5.13 Å². The van der Waals surface area contributed by atoms with E-state index in [2.05, 4.69) is 35.1 Å². The lowest BCUT2D eigenvalue weighted by molar-refractivity contribution is -0.150. The number of carbonyl (C=O) groups is 3. The van der Waals surface area contributed by atoms with Gasteiger partial charge in [0.1, 0.15) is 17.1 Å². The Labute approximate surface area is 235 Å². The second kappa shape index (κ2) is 12.6. The predicted octanol–water partition coefficient (Wildman–Crippen LogP) is -0.782. The zero-order chi connectivity index (χ0) is 29.0. The number of rotatable bonds is 9. The summed E-state index contributed by atoms with van der Waals surface area (Å²) >= 11 is 1.99. The van der Waals surface area contributed by atoms with E-state index in [1.54, 1.807) is 7.05 Å². The number of fused-ring (bicyclic) bond motifs is 1. The van der Waals surface area contributed by atoms with E-state index in [-0.39, 0.29) is 46.0 Å². The number of carbonyl (C=O) groups excluding carboxylic acids is 2. The van der Waals surface area contributed by atoms with Gasteiger partial charge in [-0.2, -0.15) is 14.5 Å². The Morgan fingerprint density at radius 2 is 2.08 bits per heavy atom. The van der Waals surface area contributed by atoms with Gasteiger partial charge in [0.05, 0.1) is 6.21 Å². The highest BCUT2D eigenvalue weighted by molar-refractivity contribution is 8.00. The maximum atomic E-state index is 13.0. The number of hydrogen-bond donors (Lipinski definition) is 6. The van der Waals surface area contributed by atoms with Gasteiger partial charge in [-0.1, -0.05) is 5.16 Å². The molecule has 0 bridgehead atoms. The third-order valence-electron chi connectivity index (χ3n) is 6.38. The van der Waals surface area contributed by atoms with E-state index in [4.69, 9.17) is 16.9 Å². The van der Waals surface area contributed by atoms with Crippen LogP contribution in [0.3, 0.4) is 0 Å². The molecule has 216 valence electrons. The Kier molecular flexibility index (Phi) is 9.15. The van der Waals surface area contributed by atoms with Gasteiger partial charge in [-0.3, -0.25) is 19.9 Å². The first-order valence-corrected chi connectivity index (χ1v) is 13.9. The van der Waals surface area contributed by atoms with Crippen LogP contribution in [0.2, 0.25) is 0 Å². The highest BCUT2D eigenvalue weighted by Gasteiger charge is 2.54. The molecule has 1 aromatic rings. The number of nitrogens with two attached hydrogens (primary N) is 2. The summed E-state index contributed by atoms with van der Waals surface area (Å²) in [7, 11) is 1.55. The zero-order valence-corrected chi connectivity index (χ0v) is 22.9. The van der Waals surface area contributed by atoms with Crippen LogP contribution in [0.5, 0.6) is 0 Å². The molecule has 40 heavy (non-hydrogen) atoms. The number of nitrogen functional groups attached to an aromatic ring is 1. The fraction of sp³-hybridized carbons (Fsp3) is 0.524. The predicted molar refractivity (Wildman–Crippen MR) is 145 cm³/mol. The summed E-state index contributed by atoms with van der Waals surface area (Å²) in [6.45, 7) is -1.32. The monoisotopic (exact) mass is 597 g/mol. The molecule has 0 spiro atoms. The first-order valence-electron chi connectivity index (χ1n) is 12.1. The molecule has 3 aliphatic rings. The van der Waals surface area contributed by atoms with E-state index in [0.717, 1.165) is 42.1 Å². The molecule has 1 saturated heterocycles. The number of hydrazone groups is 1. The van der Waals surface area contributed by atoms with E-state index < -0.39 is 41.8 Å². The number of halogens is 1. The summed E-state index contributed by atoms with van der Waals surface area (Å²) in [6.07, 6.45) is 4.72. The zero-order valence-electron chi connectivity index (χ0n) is 21.2. The molecule has 4 rings (SSSR count). The van der Waals surface area contributed by atoms with E-state index >= 15 is 0 Å². The number of carboxylic acid groups (broad SMARTS) is 1. The average molecular weight is 598 g/mol. The fourth-order valence-corrected chi connectivity index (χ4v) is 6.05. The second-order valence-corrected chi connectivity index (χ2v) is 10.9. The van der Waals surface area contributed by atoms with Crippen molar-refractivity contribution in [2.45, 2.75) is 49.2 Å². The van der Waals surface area contributed by atoms with Crippen molar-refractivity contribution in [1.82, 2.24) is 29.9 Å². The highest BCUT2D eigenvalue weighted by atomic mass is 32.2. The van der Waals surface area contributed by atoms with Crippen LogP contribution in [-0.4, -0.2) is 103 Å². The Hall–Kier alpha value is -3.84. The number of amides is 2. The topological polar surface area (TPSA) is 238 Å².